The van der Waals surface area contributed by atoms with E-state index in [1.54, 1.807) is 30.5 Å². The highest BCUT2D eigenvalue weighted by atomic mass is 35.5. The van der Waals surface area contributed by atoms with E-state index in [1.165, 1.54) is 0 Å². The van der Waals surface area contributed by atoms with Crippen LogP contribution in [0.15, 0.2) is 77.9 Å². The van der Waals surface area contributed by atoms with Crippen molar-refractivity contribution in [3.8, 4) is 11.5 Å². The van der Waals surface area contributed by atoms with E-state index < -0.39 is 0 Å². The molecule has 6 heteroatoms. The summed E-state index contributed by atoms with van der Waals surface area (Å²) >= 11 is 6.01. The van der Waals surface area contributed by atoms with E-state index >= 15 is 0 Å². The molecule has 0 bridgehead atoms. The number of rotatable bonds is 8. The van der Waals surface area contributed by atoms with E-state index in [4.69, 9.17) is 21.1 Å². The van der Waals surface area contributed by atoms with Gasteiger partial charge in [0.1, 0.15) is 18.1 Å². The summed E-state index contributed by atoms with van der Waals surface area (Å²) in [5.41, 5.74) is 4.74. The number of para-hydroxylation sites is 1. The minimum absolute atomic E-state index is 0.304. The van der Waals surface area contributed by atoms with Crippen molar-refractivity contribution in [2.24, 2.45) is 5.10 Å². The maximum atomic E-state index is 12.2. The summed E-state index contributed by atoms with van der Waals surface area (Å²) in [6.45, 7) is 2.87. The van der Waals surface area contributed by atoms with E-state index in [0.29, 0.717) is 29.5 Å². The monoisotopic (exact) mass is 408 g/mol. The van der Waals surface area contributed by atoms with E-state index in [2.05, 4.69) is 10.5 Å². The van der Waals surface area contributed by atoms with Crippen LogP contribution >= 0.6 is 11.6 Å². The average Bonchev–Trinajstić information content (AvgIpc) is 2.74. The molecular weight excluding hydrogens is 388 g/mol. The van der Waals surface area contributed by atoms with Crippen LogP contribution in [0.1, 0.15) is 28.4 Å². The number of benzene rings is 3. The first-order valence-electron chi connectivity index (χ1n) is 9.18. The summed E-state index contributed by atoms with van der Waals surface area (Å²) in [6, 6.07) is 21.8. The third kappa shape index (κ3) is 6.09. The van der Waals surface area contributed by atoms with Gasteiger partial charge in [0.2, 0.25) is 0 Å². The SMILES string of the molecule is CCOc1ccc(C(=O)N/N=C/c2ccccc2OCc2cccc(Cl)c2)cc1. The first-order valence-corrected chi connectivity index (χ1v) is 9.56. The molecule has 0 atom stereocenters. The Bertz CT molecular complexity index is 987. The minimum atomic E-state index is -0.304. The molecule has 3 rings (SSSR count). The molecule has 0 unspecified atom stereocenters. The number of carbonyl (C=O) groups is 1. The number of halogens is 1. The molecule has 0 aliphatic heterocycles. The highest BCUT2D eigenvalue weighted by Crippen LogP contribution is 2.19. The molecule has 29 heavy (non-hydrogen) atoms. The molecule has 0 fully saturated rings. The third-order valence-corrected chi connectivity index (χ3v) is 4.23. The molecule has 0 radical (unpaired) electrons. The molecule has 0 heterocycles. The van der Waals surface area contributed by atoms with Crippen LogP contribution in [0.2, 0.25) is 5.02 Å². The van der Waals surface area contributed by atoms with Gasteiger partial charge in [-0.2, -0.15) is 5.10 Å². The molecule has 0 aliphatic carbocycles. The third-order valence-electron chi connectivity index (χ3n) is 4.00. The van der Waals surface area contributed by atoms with Crippen molar-refractivity contribution < 1.29 is 14.3 Å². The Morgan fingerprint density at radius 2 is 1.83 bits per heavy atom. The normalized spacial score (nSPS) is 10.7. The van der Waals surface area contributed by atoms with Gasteiger partial charge in [0, 0.05) is 16.1 Å². The van der Waals surface area contributed by atoms with Gasteiger partial charge in [-0.3, -0.25) is 4.79 Å². The first-order chi connectivity index (χ1) is 14.2. The van der Waals surface area contributed by atoms with Crippen LogP contribution in [0.4, 0.5) is 0 Å². The summed E-state index contributed by atoms with van der Waals surface area (Å²) in [7, 11) is 0. The van der Waals surface area contributed by atoms with Gasteiger partial charge in [-0.05, 0) is 61.0 Å². The van der Waals surface area contributed by atoms with Gasteiger partial charge >= 0.3 is 0 Å². The van der Waals surface area contributed by atoms with Crippen LogP contribution in [0.3, 0.4) is 0 Å². The molecule has 3 aromatic rings. The zero-order chi connectivity index (χ0) is 20.5. The van der Waals surface area contributed by atoms with Crippen LogP contribution in [0, 0.1) is 0 Å². The van der Waals surface area contributed by atoms with Crippen molar-refractivity contribution in [2.75, 3.05) is 6.61 Å². The van der Waals surface area contributed by atoms with E-state index in [-0.39, 0.29) is 5.91 Å². The Balaban J connectivity index is 1.61. The van der Waals surface area contributed by atoms with Crippen molar-refractivity contribution in [1.29, 1.82) is 0 Å². The summed E-state index contributed by atoms with van der Waals surface area (Å²) in [6.07, 6.45) is 1.56. The summed E-state index contributed by atoms with van der Waals surface area (Å²) in [5.74, 6) is 1.08. The number of carbonyl (C=O) groups excluding carboxylic acids is 1. The Morgan fingerprint density at radius 3 is 2.59 bits per heavy atom. The lowest BCUT2D eigenvalue weighted by molar-refractivity contribution is 0.0955. The Labute approximate surface area is 174 Å². The fraction of sp³-hybridized carbons (Fsp3) is 0.130. The van der Waals surface area contributed by atoms with Gasteiger partial charge in [0.25, 0.3) is 5.91 Å². The van der Waals surface area contributed by atoms with Crippen LogP contribution in [-0.4, -0.2) is 18.7 Å². The quantitative estimate of drug-likeness (QED) is 0.417. The largest absolute Gasteiger partial charge is 0.494 e. The highest BCUT2D eigenvalue weighted by molar-refractivity contribution is 6.30. The summed E-state index contributed by atoms with van der Waals surface area (Å²) in [5, 5.41) is 4.71. The molecule has 5 nitrogen and oxygen atoms in total. The van der Waals surface area contributed by atoms with Crippen LogP contribution in [0.25, 0.3) is 0 Å². The first kappa shape index (κ1) is 20.4. The van der Waals surface area contributed by atoms with Crippen molar-refractivity contribution in [2.45, 2.75) is 13.5 Å². The molecule has 0 aromatic heterocycles. The maximum Gasteiger partial charge on any atom is 0.271 e. The lowest BCUT2D eigenvalue weighted by Crippen LogP contribution is -2.17. The number of nitrogens with zero attached hydrogens (tertiary/aromatic N) is 1. The minimum Gasteiger partial charge on any atom is -0.494 e. The van der Waals surface area contributed by atoms with Gasteiger partial charge in [-0.15, -0.1) is 0 Å². The van der Waals surface area contributed by atoms with E-state index in [0.717, 1.165) is 16.9 Å². The lowest BCUT2D eigenvalue weighted by atomic mass is 10.2. The predicted molar refractivity (Wildman–Crippen MR) is 115 cm³/mol. The Hall–Kier alpha value is -3.31. The zero-order valence-electron chi connectivity index (χ0n) is 16.0. The average molecular weight is 409 g/mol. The van der Waals surface area contributed by atoms with Crippen LogP contribution in [-0.2, 0) is 6.61 Å². The smallest absolute Gasteiger partial charge is 0.271 e. The standard InChI is InChI=1S/C23H21ClN2O3/c1-2-28-21-12-10-18(11-13-21)23(27)26-25-15-19-7-3-4-9-22(19)29-16-17-6-5-8-20(24)14-17/h3-15H,2,16H2,1H3,(H,26,27)/b25-15+. The maximum absolute atomic E-state index is 12.2. The number of hydrazone groups is 1. The van der Waals surface area contributed by atoms with Gasteiger partial charge in [0.15, 0.2) is 0 Å². The molecule has 0 aliphatic rings. The molecule has 3 aromatic carbocycles. The Morgan fingerprint density at radius 1 is 1.03 bits per heavy atom. The number of amides is 1. The Kier molecular flexibility index (Phi) is 7.25. The number of ether oxygens (including phenoxy) is 2. The summed E-state index contributed by atoms with van der Waals surface area (Å²) < 4.78 is 11.3. The molecule has 148 valence electrons. The van der Waals surface area contributed by atoms with Crippen molar-refractivity contribution in [3.05, 3.63) is 94.5 Å². The topological polar surface area (TPSA) is 59.9 Å². The molecule has 0 saturated heterocycles. The van der Waals surface area contributed by atoms with Gasteiger partial charge < -0.3 is 9.47 Å². The number of hydrogen-bond acceptors (Lipinski definition) is 4. The molecule has 0 saturated carbocycles. The van der Waals surface area contributed by atoms with Crippen LogP contribution < -0.4 is 14.9 Å². The number of hydrogen-bond donors (Lipinski definition) is 1. The fourth-order valence-corrected chi connectivity index (χ4v) is 2.81. The van der Waals surface area contributed by atoms with Gasteiger partial charge in [-0.1, -0.05) is 35.9 Å². The zero-order valence-corrected chi connectivity index (χ0v) is 16.7. The van der Waals surface area contributed by atoms with Crippen molar-refractivity contribution >= 4 is 23.7 Å². The predicted octanol–water partition coefficient (Wildman–Crippen LogP) is 5.08. The van der Waals surface area contributed by atoms with Gasteiger partial charge in [-0.25, -0.2) is 5.43 Å². The number of nitrogens with one attached hydrogen (secondary N) is 1. The molecule has 1 N–H and O–H groups in total. The molecular formula is C23H21ClN2O3. The second-order valence-corrected chi connectivity index (χ2v) is 6.55. The fourth-order valence-electron chi connectivity index (χ4n) is 2.60. The molecule has 0 spiro atoms. The van der Waals surface area contributed by atoms with Crippen molar-refractivity contribution in [1.82, 2.24) is 5.43 Å². The molecule has 1 amide bonds. The lowest BCUT2D eigenvalue weighted by Gasteiger charge is -2.09. The van der Waals surface area contributed by atoms with E-state index in [9.17, 15) is 4.79 Å². The van der Waals surface area contributed by atoms with Crippen molar-refractivity contribution in [3.63, 3.8) is 0 Å². The second kappa shape index (κ2) is 10.3. The van der Waals surface area contributed by atoms with E-state index in [1.807, 2.05) is 55.5 Å². The summed E-state index contributed by atoms with van der Waals surface area (Å²) in [4.78, 5) is 12.2. The van der Waals surface area contributed by atoms with Crippen LogP contribution in [0.5, 0.6) is 11.5 Å². The van der Waals surface area contributed by atoms with Gasteiger partial charge in [0.05, 0.1) is 12.8 Å². The highest BCUT2D eigenvalue weighted by Gasteiger charge is 2.05. The second-order valence-electron chi connectivity index (χ2n) is 6.11.